The lowest BCUT2D eigenvalue weighted by molar-refractivity contribution is 0.565. The number of fused-ring (bicyclic) bond motifs is 1. The fourth-order valence-electron chi connectivity index (χ4n) is 1.99. The van der Waals surface area contributed by atoms with Crippen LogP contribution in [0.1, 0.15) is 63.8 Å². The van der Waals surface area contributed by atoms with E-state index in [1.54, 1.807) is 0 Å². The van der Waals surface area contributed by atoms with E-state index in [0.29, 0.717) is 5.92 Å². The molecular weight excluding hydrogens is 174 g/mol. The van der Waals surface area contributed by atoms with Crippen molar-refractivity contribution in [2.75, 3.05) is 0 Å². The van der Waals surface area contributed by atoms with Crippen LogP contribution >= 0.6 is 0 Å². The Morgan fingerprint density at radius 2 is 2.07 bits per heavy atom. The normalized spacial score (nSPS) is 20.4. The lowest BCUT2D eigenvalue weighted by atomic mass is 9.98. The fraction of sp³-hybridized carbons (Fsp3) is 0.818. The average Bonchev–Trinajstić information content (AvgIpc) is 2.62. The molecule has 1 aliphatic rings. The van der Waals surface area contributed by atoms with Crippen molar-refractivity contribution in [3.05, 3.63) is 11.4 Å². The second-order valence-corrected chi connectivity index (χ2v) is 3.51. The van der Waals surface area contributed by atoms with Crippen molar-refractivity contribution in [3.8, 4) is 0 Å². The third-order valence-electron chi connectivity index (χ3n) is 2.75. The first-order chi connectivity index (χ1) is 6.92. The van der Waals surface area contributed by atoms with E-state index in [9.17, 15) is 0 Å². The number of aromatic nitrogens is 3. The Labute approximate surface area is 86.3 Å². The summed E-state index contributed by atoms with van der Waals surface area (Å²) in [5.41, 5.74) is 2.44. The van der Waals surface area contributed by atoms with E-state index in [-0.39, 0.29) is 0 Å². The van der Waals surface area contributed by atoms with Gasteiger partial charge in [0.05, 0.1) is 11.4 Å². The van der Waals surface area contributed by atoms with Gasteiger partial charge in [-0.3, -0.25) is 0 Å². The molecule has 0 amide bonds. The number of nitrogens with zero attached hydrogens (tertiary/aromatic N) is 2. The molecule has 3 nitrogen and oxygen atoms in total. The Kier molecular flexibility index (Phi) is 4.63. The number of rotatable bonds is 1. The monoisotopic (exact) mass is 195 g/mol. The third kappa shape index (κ3) is 2.34. The van der Waals surface area contributed by atoms with Crippen LogP contribution in [0.25, 0.3) is 0 Å². The van der Waals surface area contributed by atoms with Crippen LogP contribution in [0.3, 0.4) is 0 Å². The largest absolute Gasteiger partial charge is 0.197 e. The van der Waals surface area contributed by atoms with Crippen LogP contribution in [0.4, 0.5) is 0 Å². The molecule has 1 aliphatic carbocycles. The number of hydrogen-bond acceptors (Lipinski definition) is 2. The number of aryl methyl sites for hydroxylation is 1. The lowest BCUT2D eigenvalue weighted by Gasteiger charge is -2.08. The van der Waals surface area contributed by atoms with Crippen molar-refractivity contribution in [2.45, 2.75) is 58.8 Å². The van der Waals surface area contributed by atoms with Crippen LogP contribution in [-0.2, 0) is 6.42 Å². The molecule has 14 heavy (non-hydrogen) atoms. The molecule has 80 valence electrons. The van der Waals surface area contributed by atoms with Crippen LogP contribution < -0.4 is 0 Å². The van der Waals surface area contributed by atoms with E-state index < -0.39 is 0 Å². The van der Waals surface area contributed by atoms with E-state index in [2.05, 4.69) is 22.3 Å². The van der Waals surface area contributed by atoms with Gasteiger partial charge in [0.25, 0.3) is 0 Å². The van der Waals surface area contributed by atoms with Crippen molar-refractivity contribution in [1.29, 1.82) is 0 Å². The molecule has 1 heterocycles. The van der Waals surface area contributed by atoms with Crippen LogP contribution in [0.2, 0.25) is 0 Å². The highest BCUT2D eigenvalue weighted by Crippen LogP contribution is 2.29. The van der Waals surface area contributed by atoms with Crippen LogP contribution in [0.5, 0.6) is 0 Å². The summed E-state index contributed by atoms with van der Waals surface area (Å²) in [5, 5.41) is 11.1. The molecule has 0 spiro atoms. The molecule has 2 rings (SSSR count). The van der Waals surface area contributed by atoms with E-state index in [0.717, 1.165) is 6.42 Å². The minimum atomic E-state index is 0.654. The molecule has 0 aliphatic heterocycles. The van der Waals surface area contributed by atoms with Crippen molar-refractivity contribution in [1.82, 2.24) is 15.4 Å². The Morgan fingerprint density at radius 1 is 1.29 bits per heavy atom. The minimum Gasteiger partial charge on any atom is -0.197 e. The van der Waals surface area contributed by atoms with Crippen molar-refractivity contribution >= 4 is 0 Å². The standard InChI is InChI=1S/C9H15N3.C2H6/c1-2-7-5-3-4-6-8-9(7)11-12-10-8;1-2/h7H,2-6H2,1H3,(H,10,11,12);1-2H3. The molecule has 0 radical (unpaired) electrons. The molecule has 0 bridgehead atoms. The molecule has 1 atom stereocenters. The predicted molar refractivity (Wildman–Crippen MR) is 58.3 cm³/mol. The molecule has 0 saturated carbocycles. The first kappa shape index (κ1) is 11.2. The molecule has 0 saturated heterocycles. The summed E-state index contributed by atoms with van der Waals surface area (Å²) in [7, 11) is 0. The molecular formula is C11H21N3. The predicted octanol–water partition coefficient (Wildman–Crippen LogP) is 3.05. The van der Waals surface area contributed by atoms with Gasteiger partial charge >= 0.3 is 0 Å². The summed E-state index contributed by atoms with van der Waals surface area (Å²) in [6, 6.07) is 0. The zero-order valence-electron chi connectivity index (χ0n) is 9.51. The lowest BCUT2D eigenvalue weighted by Crippen LogP contribution is -1.98. The van der Waals surface area contributed by atoms with Crippen LogP contribution in [-0.4, -0.2) is 15.4 Å². The molecule has 1 aromatic rings. The smallest absolute Gasteiger partial charge is 0.0887 e. The van der Waals surface area contributed by atoms with Crippen LogP contribution in [0.15, 0.2) is 0 Å². The second-order valence-electron chi connectivity index (χ2n) is 3.51. The number of nitrogens with one attached hydrogen (secondary N) is 1. The van der Waals surface area contributed by atoms with Gasteiger partial charge in [-0.05, 0) is 25.7 Å². The Morgan fingerprint density at radius 3 is 2.79 bits per heavy atom. The van der Waals surface area contributed by atoms with Crippen LogP contribution in [0, 0.1) is 0 Å². The summed E-state index contributed by atoms with van der Waals surface area (Å²) in [6.45, 7) is 6.23. The highest BCUT2D eigenvalue weighted by molar-refractivity contribution is 5.15. The van der Waals surface area contributed by atoms with Crippen molar-refractivity contribution in [2.24, 2.45) is 0 Å². The maximum Gasteiger partial charge on any atom is 0.0887 e. The third-order valence-corrected chi connectivity index (χ3v) is 2.75. The van der Waals surface area contributed by atoms with Gasteiger partial charge in [0, 0.05) is 5.92 Å². The molecule has 1 unspecified atom stereocenters. The molecule has 1 aromatic heterocycles. The van der Waals surface area contributed by atoms with Gasteiger partial charge in [-0.1, -0.05) is 27.2 Å². The summed E-state index contributed by atoms with van der Waals surface area (Å²) >= 11 is 0. The zero-order valence-corrected chi connectivity index (χ0v) is 9.51. The highest BCUT2D eigenvalue weighted by Gasteiger charge is 2.20. The van der Waals surface area contributed by atoms with Gasteiger partial charge in [-0.25, -0.2) is 0 Å². The van der Waals surface area contributed by atoms with E-state index in [4.69, 9.17) is 0 Å². The van der Waals surface area contributed by atoms with Gasteiger partial charge < -0.3 is 0 Å². The second kappa shape index (κ2) is 5.78. The summed E-state index contributed by atoms with van der Waals surface area (Å²) < 4.78 is 0. The van der Waals surface area contributed by atoms with E-state index >= 15 is 0 Å². The average molecular weight is 195 g/mol. The maximum atomic E-state index is 4.23. The molecule has 1 N–H and O–H groups in total. The highest BCUT2D eigenvalue weighted by atomic mass is 15.3. The number of H-pyrrole nitrogens is 1. The summed E-state index contributed by atoms with van der Waals surface area (Å²) in [6.07, 6.45) is 6.20. The van der Waals surface area contributed by atoms with Gasteiger partial charge in [0.15, 0.2) is 0 Å². The fourth-order valence-corrected chi connectivity index (χ4v) is 1.99. The van der Waals surface area contributed by atoms with Crippen molar-refractivity contribution in [3.63, 3.8) is 0 Å². The SMILES string of the molecule is CC.CCC1CCCCc2n[nH]nc21. The molecule has 0 aromatic carbocycles. The van der Waals surface area contributed by atoms with Crippen molar-refractivity contribution < 1.29 is 0 Å². The first-order valence-electron chi connectivity index (χ1n) is 5.81. The van der Waals surface area contributed by atoms with Gasteiger partial charge in [0.1, 0.15) is 0 Å². The van der Waals surface area contributed by atoms with Gasteiger partial charge in [-0.2, -0.15) is 15.4 Å². The summed E-state index contributed by atoms with van der Waals surface area (Å²) in [5.74, 6) is 0.654. The Balaban J connectivity index is 0.000000461. The summed E-state index contributed by atoms with van der Waals surface area (Å²) in [4.78, 5) is 0. The number of hydrogen-bond donors (Lipinski definition) is 1. The molecule has 3 heteroatoms. The quantitative estimate of drug-likeness (QED) is 0.700. The van der Waals surface area contributed by atoms with E-state index in [1.165, 1.54) is 37.1 Å². The first-order valence-corrected chi connectivity index (χ1v) is 5.81. The number of aromatic amines is 1. The topological polar surface area (TPSA) is 41.6 Å². The van der Waals surface area contributed by atoms with E-state index in [1.807, 2.05) is 13.8 Å². The molecule has 0 fully saturated rings. The Hall–Kier alpha value is -0.860. The Bertz CT molecular complexity index is 255. The van der Waals surface area contributed by atoms with Gasteiger partial charge in [-0.15, -0.1) is 0 Å². The van der Waals surface area contributed by atoms with Gasteiger partial charge in [0.2, 0.25) is 0 Å². The minimum absolute atomic E-state index is 0.654. The maximum absolute atomic E-state index is 4.23. The zero-order chi connectivity index (χ0) is 10.4.